The normalized spacial score (nSPS) is 17.2. The largest absolute Gasteiger partial charge is 0.367 e. The van der Waals surface area contributed by atoms with Gasteiger partial charge in [-0.3, -0.25) is 4.90 Å². The van der Waals surface area contributed by atoms with Crippen LogP contribution in [0, 0.1) is 5.92 Å². The van der Waals surface area contributed by atoms with E-state index in [0.717, 1.165) is 19.0 Å². The summed E-state index contributed by atoms with van der Waals surface area (Å²) in [4.78, 5) is 5.65. The molecular formula is C10H16N2. The van der Waals surface area contributed by atoms with Crippen molar-refractivity contribution in [3.63, 3.8) is 0 Å². The molecule has 66 valence electrons. The standard InChI is InChI=1S/C10H16N2/c1-8(2)5-12-6-9-3-11-4-10(9)7-12/h3-4,8,11H,5-7H2,1-2H3. The summed E-state index contributed by atoms with van der Waals surface area (Å²) in [6.07, 6.45) is 4.24. The molecule has 0 radical (unpaired) electrons. The van der Waals surface area contributed by atoms with Crippen molar-refractivity contribution < 1.29 is 0 Å². The van der Waals surface area contributed by atoms with Crippen molar-refractivity contribution in [2.45, 2.75) is 26.9 Å². The minimum atomic E-state index is 0.776. The highest BCUT2D eigenvalue weighted by Crippen LogP contribution is 2.22. The Bertz CT molecular complexity index is 242. The highest BCUT2D eigenvalue weighted by atomic mass is 15.1. The zero-order valence-electron chi connectivity index (χ0n) is 7.80. The molecule has 0 aliphatic carbocycles. The van der Waals surface area contributed by atoms with Crippen LogP contribution in [-0.2, 0) is 13.1 Å². The van der Waals surface area contributed by atoms with Crippen LogP contribution in [0.3, 0.4) is 0 Å². The molecule has 12 heavy (non-hydrogen) atoms. The van der Waals surface area contributed by atoms with Crippen molar-refractivity contribution >= 4 is 0 Å². The Labute approximate surface area is 73.6 Å². The Morgan fingerprint density at radius 2 is 1.92 bits per heavy atom. The number of fused-ring (bicyclic) bond motifs is 1. The third-order valence-corrected chi connectivity index (χ3v) is 2.34. The van der Waals surface area contributed by atoms with Crippen molar-refractivity contribution in [2.75, 3.05) is 6.54 Å². The van der Waals surface area contributed by atoms with E-state index in [4.69, 9.17) is 0 Å². The van der Waals surface area contributed by atoms with Crippen LogP contribution in [0.4, 0.5) is 0 Å². The summed E-state index contributed by atoms with van der Waals surface area (Å²) in [7, 11) is 0. The van der Waals surface area contributed by atoms with Crippen molar-refractivity contribution in [2.24, 2.45) is 5.92 Å². The molecule has 2 heteroatoms. The van der Waals surface area contributed by atoms with E-state index in [1.165, 1.54) is 17.7 Å². The molecule has 1 aromatic rings. The molecule has 0 fully saturated rings. The Morgan fingerprint density at radius 3 is 2.42 bits per heavy atom. The first-order chi connectivity index (χ1) is 5.75. The summed E-state index contributed by atoms with van der Waals surface area (Å²) in [6, 6.07) is 0. The summed E-state index contributed by atoms with van der Waals surface area (Å²) in [5, 5.41) is 0. The van der Waals surface area contributed by atoms with Crippen LogP contribution in [0.25, 0.3) is 0 Å². The molecule has 1 aliphatic rings. The van der Waals surface area contributed by atoms with Crippen LogP contribution in [0.1, 0.15) is 25.0 Å². The zero-order chi connectivity index (χ0) is 8.55. The van der Waals surface area contributed by atoms with Crippen LogP contribution in [0.5, 0.6) is 0 Å². The molecule has 1 aromatic heterocycles. The van der Waals surface area contributed by atoms with E-state index >= 15 is 0 Å². The van der Waals surface area contributed by atoms with E-state index in [-0.39, 0.29) is 0 Å². The van der Waals surface area contributed by atoms with E-state index in [2.05, 4.69) is 36.1 Å². The van der Waals surface area contributed by atoms with Gasteiger partial charge in [-0.05, 0) is 17.0 Å². The Kier molecular flexibility index (Phi) is 1.93. The predicted octanol–water partition coefficient (Wildman–Crippen LogP) is 1.99. The van der Waals surface area contributed by atoms with Crippen molar-refractivity contribution in [3.05, 3.63) is 23.5 Å². The van der Waals surface area contributed by atoms with Crippen LogP contribution in [-0.4, -0.2) is 16.4 Å². The van der Waals surface area contributed by atoms with Gasteiger partial charge in [0.2, 0.25) is 0 Å². The quantitative estimate of drug-likeness (QED) is 0.708. The average Bonchev–Trinajstić information content (AvgIpc) is 2.43. The fourth-order valence-electron chi connectivity index (χ4n) is 1.91. The number of aromatic amines is 1. The highest BCUT2D eigenvalue weighted by molar-refractivity contribution is 5.26. The zero-order valence-corrected chi connectivity index (χ0v) is 7.80. The van der Waals surface area contributed by atoms with Crippen molar-refractivity contribution in [1.82, 2.24) is 9.88 Å². The van der Waals surface area contributed by atoms with E-state index in [0.29, 0.717) is 0 Å². The molecule has 0 saturated carbocycles. The lowest BCUT2D eigenvalue weighted by Gasteiger charge is -2.17. The SMILES string of the molecule is CC(C)CN1Cc2c[nH]cc2C1. The number of aromatic nitrogens is 1. The molecule has 0 unspecified atom stereocenters. The van der Waals surface area contributed by atoms with Gasteiger partial charge in [-0.15, -0.1) is 0 Å². The molecule has 2 nitrogen and oxygen atoms in total. The topological polar surface area (TPSA) is 19.0 Å². The first-order valence-corrected chi connectivity index (χ1v) is 4.62. The average molecular weight is 164 g/mol. The number of rotatable bonds is 2. The minimum absolute atomic E-state index is 0.776. The summed E-state index contributed by atoms with van der Waals surface area (Å²) in [5.74, 6) is 0.776. The molecule has 0 bridgehead atoms. The minimum Gasteiger partial charge on any atom is -0.367 e. The molecule has 0 aromatic carbocycles. The summed E-state index contributed by atoms with van der Waals surface area (Å²) >= 11 is 0. The summed E-state index contributed by atoms with van der Waals surface area (Å²) < 4.78 is 0. The Balaban J connectivity index is 1.98. The van der Waals surface area contributed by atoms with E-state index in [1.807, 2.05) is 0 Å². The second kappa shape index (κ2) is 2.94. The van der Waals surface area contributed by atoms with Gasteiger partial charge in [0.1, 0.15) is 0 Å². The Hall–Kier alpha value is -0.760. The molecule has 2 heterocycles. The maximum absolute atomic E-state index is 3.15. The molecule has 2 rings (SSSR count). The third kappa shape index (κ3) is 1.39. The van der Waals surface area contributed by atoms with Crippen LogP contribution in [0.2, 0.25) is 0 Å². The third-order valence-electron chi connectivity index (χ3n) is 2.34. The predicted molar refractivity (Wildman–Crippen MR) is 49.7 cm³/mol. The van der Waals surface area contributed by atoms with Crippen LogP contribution < -0.4 is 0 Å². The molecule has 0 spiro atoms. The van der Waals surface area contributed by atoms with Gasteiger partial charge in [-0.1, -0.05) is 13.8 Å². The second-order valence-electron chi connectivity index (χ2n) is 4.07. The lowest BCUT2D eigenvalue weighted by Crippen LogP contribution is -2.21. The number of hydrogen-bond acceptors (Lipinski definition) is 1. The van der Waals surface area contributed by atoms with Gasteiger partial charge in [0.05, 0.1) is 0 Å². The number of nitrogens with zero attached hydrogens (tertiary/aromatic N) is 1. The van der Waals surface area contributed by atoms with Crippen molar-refractivity contribution in [1.29, 1.82) is 0 Å². The summed E-state index contributed by atoms with van der Waals surface area (Å²) in [5.41, 5.74) is 2.96. The van der Waals surface area contributed by atoms with E-state index < -0.39 is 0 Å². The first-order valence-electron chi connectivity index (χ1n) is 4.62. The summed E-state index contributed by atoms with van der Waals surface area (Å²) in [6.45, 7) is 8.03. The number of hydrogen-bond donors (Lipinski definition) is 1. The van der Waals surface area contributed by atoms with Gasteiger partial charge in [0, 0.05) is 32.0 Å². The van der Waals surface area contributed by atoms with Gasteiger partial charge >= 0.3 is 0 Å². The molecule has 1 N–H and O–H groups in total. The van der Waals surface area contributed by atoms with Gasteiger partial charge in [-0.25, -0.2) is 0 Å². The fourth-order valence-corrected chi connectivity index (χ4v) is 1.91. The fraction of sp³-hybridized carbons (Fsp3) is 0.600. The van der Waals surface area contributed by atoms with Crippen molar-refractivity contribution in [3.8, 4) is 0 Å². The van der Waals surface area contributed by atoms with Crippen LogP contribution in [0.15, 0.2) is 12.4 Å². The smallest absolute Gasteiger partial charge is 0.0255 e. The first kappa shape index (κ1) is 7.87. The number of nitrogens with one attached hydrogen (secondary N) is 1. The second-order valence-corrected chi connectivity index (χ2v) is 4.07. The van der Waals surface area contributed by atoms with Crippen LogP contribution >= 0.6 is 0 Å². The molecular weight excluding hydrogens is 148 g/mol. The van der Waals surface area contributed by atoms with Gasteiger partial charge in [0.15, 0.2) is 0 Å². The van der Waals surface area contributed by atoms with E-state index in [1.54, 1.807) is 0 Å². The van der Waals surface area contributed by atoms with E-state index in [9.17, 15) is 0 Å². The molecule has 0 atom stereocenters. The maximum Gasteiger partial charge on any atom is 0.0255 e. The molecule has 1 aliphatic heterocycles. The monoisotopic (exact) mass is 164 g/mol. The van der Waals surface area contributed by atoms with Gasteiger partial charge < -0.3 is 4.98 Å². The lowest BCUT2D eigenvalue weighted by atomic mass is 10.2. The van der Waals surface area contributed by atoms with Gasteiger partial charge in [0.25, 0.3) is 0 Å². The van der Waals surface area contributed by atoms with Gasteiger partial charge in [-0.2, -0.15) is 0 Å². The highest BCUT2D eigenvalue weighted by Gasteiger charge is 2.19. The maximum atomic E-state index is 3.15. The molecule has 0 amide bonds. The molecule has 0 saturated heterocycles. The lowest BCUT2D eigenvalue weighted by molar-refractivity contribution is 0.250. The number of H-pyrrole nitrogens is 1. The Morgan fingerprint density at radius 1 is 1.33 bits per heavy atom.